The summed E-state index contributed by atoms with van der Waals surface area (Å²) >= 11 is 6.57. The number of hydrogen-bond donors (Lipinski definition) is 3. The van der Waals surface area contributed by atoms with Gasteiger partial charge in [-0.2, -0.15) is 4.98 Å². The van der Waals surface area contributed by atoms with Crippen LogP contribution in [-0.4, -0.2) is 119 Å². The van der Waals surface area contributed by atoms with Gasteiger partial charge in [-0.1, -0.05) is 11.6 Å². The summed E-state index contributed by atoms with van der Waals surface area (Å²) < 4.78 is 7.19. The topological polar surface area (TPSA) is 191 Å². The highest BCUT2D eigenvalue weighted by molar-refractivity contribution is 6.33. The molecule has 3 saturated heterocycles. The molecule has 17 nitrogen and oxygen atoms in total. The van der Waals surface area contributed by atoms with Crippen LogP contribution in [0, 0.1) is 5.92 Å². The molecule has 59 heavy (non-hydrogen) atoms. The molecule has 2 atom stereocenters. The number of aryl methyl sites for hydroxylation is 1. The Morgan fingerprint density at radius 1 is 0.932 bits per heavy atom. The van der Waals surface area contributed by atoms with Crippen molar-refractivity contribution < 1.29 is 28.7 Å². The van der Waals surface area contributed by atoms with Gasteiger partial charge in [0.05, 0.1) is 22.8 Å². The maximum atomic E-state index is 13.3. The summed E-state index contributed by atoms with van der Waals surface area (Å²) in [6.45, 7) is 7.40. The van der Waals surface area contributed by atoms with Crippen LogP contribution in [-0.2, 0) is 21.4 Å². The number of hydrogen-bond acceptors (Lipinski definition) is 13. The molecule has 2 aromatic carbocycles. The number of anilines is 4. The second-order valence-corrected chi connectivity index (χ2v) is 15.8. The van der Waals surface area contributed by atoms with E-state index in [2.05, 4.69) is 35.6 Å². The van der Waals surface area contributed by atoms with Crippen molar-refractivity contribution in [1.82, 2.24) is 35.0 Å². The van der Waals surface area contributed by atoms with E-state index in [1.54, 1.807) is 38.4 Å². The molecule has 3 fully saturated rings. The van der Waals surface area contributed by atoms with Crippen LogP contribution in [0.1, 0.15) is 53.3 Å². The highest BCUT2D eigenvalue weighted by Gasteiger charge is 2.45. The largest absolute Gasteiger partial charge is 0.475 e. The number of benzene rings is 2. The number of likely N-dealkylation sites (N-methyl/N-ethyl adjacent to an activating group) is 1. The average molecular weight is 825 g/mol. The zero-order valence-electron chi connectivity index (χ0n) is 33.0. The number of ether oxygens (including phenoxy) is 1. The Kier molecular flexibility index (Phi) is 11.0. The van der Waals surface area contributed by atoms with E-state index < -0.39 is 35.8 Å². The number of amides is 5. The van der Waals surface area contributed by atoms with Crippen LogP contribution < -0.4 is 36.0 Å². The number of rotatable bonds is 10. The Balaban J connectivity index is 0.846. The quantitative estimate of drug-likeness (QED) is 0.198. The molecule has 6 heterocycles. The van der Waals surface area contributed by atoms with Crippen LogP contribution in [0.5, 0.6) is 5.75 Å². The molecular weight excluding hydrogens is 780 g/mol. The third kappa shape index (κ3) is 7.91. The van der Waals surface area contributed by atoms with Gasteiger partial charge in [0.25, 0.3) is 23.3 Å². The van der Waals surface area contributed by atoms with E-state index >= 15 is 0 Å². The molecule has 4 aliphatic rings. The summed E-state index contributed by atoms with van der Waals surface area (Å²) in [6.07, 6.45) is 2.91. The van der Waals surface area contributed by atoms with Crippen molar-refractivity contribution >= 4 is 75.2 Å². The molecule has 0 radical (unpaired) electrons. The van der Waals surface area contributed by atoms with Crippen molar-refractivity contribution in [2.75, 3.05) is 68.0 Å². The van der Waals surface area contributed by atoms with Crippen LogP contribution in [0.15, 0.2) is 53.5 Å². The summed E-state index contributed by atoms with van der Waals surface area (Å²) in [5, 5.41) is 9.16. The first-order chi connectivity index (χ1) is 28.4. The monoisotopic (exact) mass is 824 g/mol. The van der Waals surface area contributed by atoms with Gasteiger partial charge in [-0.3, -0.25) is 43.9 Å². The van der Waals surface area contributed by atoms with E-state index in [0.29, 0.717) is 33.9 Å². The van der Waals surface area contributed by atoms with Crippen molar-refractivity contribution in [2.24, 2.45) is 13.0 Å². The van der Waals surface area contributed by atoms with E-state index in [9.17, 15) is 28.8 Å². The van der Waals surface area contributed by atoms with Gasteiger partial charge in [0.1, 0.15) is 11.1 Å². The number of fused-ring (bicyclic) bond motifs is 2. The van der Waals surface area contributed by atoms with Gasteiger partial charge in [-0.05, 0) is 74.6 Å². The van der Waals surface area contributed by atoms with Gasteiger partial charge < -0.3 is 29.7 Å². The van der Waals surface area contributed by atoms with Crippen molar-refractivity contribution in [3.05, 3.63) is 75.2 Å². The lowest BCUT2D eigenvalue weighted by molar-refractivity contribution is -0.136. The van der Waals surface area contributed by atoms with Crippen LogP contribution in [0.3, 0.4) is 0 Å². The molecule has 8 rings (SSSR count). The number of nitrogens with zero attached hydrogens (tertiary/aromatic N) is 7. The average Bonchev–Trinajstić information content (AvgIpc) is 3.48. The van der Waals surface area contributed by atoms with E-state index in [4.69, 9.17) is 21.3 Å². The second-order valence-electron chi connectivity index (χ2n) is 15.4. The summed E-state index contributed by atoms with van der Waals surface area (Å²) in [6, 6.07) is 11.4. The fraction of sp³-hybridized carbons (Fsp3) is 0.415. The maximum absolute atomic E-state index is 13.3. The first-order valence-electron chi connectivity index (χ1n) is 19.8. The fourth-order valence-electron chi connectivity index (χ4n) is 8.32. The van der Waals surface area contributed by atoms with Crippen molar-refractivity contribution in [3.8, 4) is 5.75 Å². The highest BCUT2D eigenvalue weighted by Crippen LogP contribution is 2.33. The predicted molar refractivity (Wildman–Crippen MR) is 220 cm³/mol. The summed E-state index contributed by atoms with van der Waals surface area (Å²) in [5.74, 6) is -0.750. The van der Waals surface area contributed by atoms with Crippen molar-refractivity contribution in [2.45, 2.75) is 44.8 Å². The van der Waals surface area contributed by atoms with E-state index in [1.807, 2.05) is 24.3 Å². The standard InChI is InChI=1S/C41H45ClN10O7/c1-23(36(54)43-2)59-33-19-25-18-26(4-7-31(25)48(3)40(33)58)45-35-30(42)21-44-41(47-35)51-12-10-24(11-13-51)22-49-14-16-50(17-15-49)27-5-6-28-29(20-27)39(57)52(38(28)56)32-8-9-34(53)46-37(32)55/h4-7,18-21,23-24,32H,8-17,22H2,1-3H3,(H,43,54)(H,44,45,47)(H,46,53,55)/t23-,32+/m1/s1. The Hall–Kier alpha value is -6.07. The van der Waals surface area contributed by atoms with Crippen LogP contribution >= 0.6 is 11.6 Å². The van der Waals surface area contributed by atoms with E-state index in [0.717, 1.165) is 74.6 Å². The first kappa shape index (κ1) is 39.7. The molecule has 0 unspecified atom stereocenters. The first-order valence-corrected chi connectivity index (χ1v) is 20.2. The minimum absolute atomic E-state index is 0.0671. The lowest BCUT2D eigenvalue weighted by Crippen LogP contribution is -2.54. The molecule has 4 aliphatic heterocycles. The number of carbonyl (C=O) groups excluding carboxylic acids is 5. The molecule has 2 aromatic heterocycles. The van der Waals surface area contributed by atoms with Gasteiger partial charge in [0.2, 0.25) is 17.8 Å². The number of halogens is 1. The number of carbonyl (C=O) groups is 5. The zero-order chi connectivity index (χ0) is 41.5. The van der Waals surface area contributed by atoms with Gasteiger partial charge in [-0.25, -0.2) is 4.98 Å². The normalized spacial score (nSPS) is 19.5. The summed E-state index contributed by atoms with van der Waals surface area (Å²) in [7, 11) is 3.16. The summed E-state index contributed by atoms with van der Waals surface area (Å²) in [5.41, 5.74) is 2.47. The SMILES string of the molecule is CNC(=O)[C@@H](C)Oc1cc2cc(Nc3nc(N4CCC(CN5CCN(c6ccc7c(c6)C(=O)N([C@H]6CCC(=O)NC6=O)C7=O)CC5)CC4)ncc3Cl)ccc2n(C)c1=O. The third-order valence-electron chi connectivity index (χ3n) is 11.7. The lowest BCUT2D eigenvalue weighted by atomic mass is 9.96. The van der Waals surface area contributed by atoms with E-state index in [1.165, 1.54) is 11.6 Å². The number of nitrogens with one attached hydrogen (secondary N) is 3. The van der Waals surface area contributed by atoms with Crippen LogP contribution in [0.2, 0.25) is 5.02 Å². The number of piperidine rings is 2. The van der Waals surface area contributed by atoms with Gasteiger partial charge in [0.15, 0.2) is 17.7 Å². The predicted octanol–water partition coefficient (Wildman–Crippen LogP) is 2.68. The zero-order valence-corrected chi connectivity index (χ0v) is 33.8. The molecule has 308 valence electrons. The van der Waals surface area contributed by atoms with Crippen LogP contribution in [0.4, 0.5) is 23.1 Å². The van der Waals surface area contributed by atoms with Gasteiger partial charge in [-0.15, -0.1) is 0 Å². The molecular formula is C41H45ClN10O7. The Morgan fingerprint density at radius 2 is 1.68 bits per heavy atom. The smallest absolute Gasteiger partial charge is 0.293 e. The van der Waals surface area contributed by atoms with Gasteiger partial charge >= 0.3 is 0 Å². The highest BCUT2D eigenvalue weighted by atomic mass is 35.5. The Bertz CT molecular complexity index is 2430. The molecule has 0 bridgehead atoms. The van der Waals surface area contributed by atoms with E-state index in [-0.39, 0.29) is 41.2 Å². The van der Waals surface area contributed by atoms with Gasteiger partial charge in [0, 0.05) is 83.1 Å². The Labute approximate surface area is 344 Å². The fourth-order valence-corrected chi connectivity index (χ4v) is 8.46. The number of aromatic nitrogens is 3. The molecule has 5 amide bonds. The number of imide groups is 2. The summed E-state index contributed by atoms with van der Waals surface area (Å²) in [4.78, 5) is 92.7. The Morgan fingerprint density at radius 3 is 2.41 bits per heavy atom. The molecule has 0 aliphatic carbocycles. The molecule has 0 spiro atoms. The molecule has 18 heteroatoms. The maximum Gasteiger partial charge on any atom is 0.293 e. The minimum Gasteiger partial charge on any atom is -0.475 e. The van der Waals surface area contributed by atoms with Crippen molar-refractivity contribution in [3.63, 3.8) is 0 Å². The molecule has 4 aromatic rings. The second kappa shape index (κ2) is 16.3. The van der Waals surface area contributed by atoms with Crippen molar-refractivity contribution in [1.29, 1.82) is 0 Å². The molecule has 3 N–H and O–H groups in total. The van der Waals surface area contributed by atoms with Crippen LogP contribution in [0.25, 0.3) is 10.9 Å². The minimum atomic E-state index is -0.987. The number of piperazine rings is 1. The molecule has 0 saturated carbocycles. The third-order valence-corrected chi connectivity index (χ3v) is 12.0. The lowest BCUT2D eigenvalue weighted by Gasteiger charge is -2.39. The number of pyridine rings is 1.